The van der Waals surface area contributed by atoms with Crippen molar-refractivity contribution >= 4 is 44.2 Å². The highest BCUT2D eigenvalue weighted by atomic mass is 79.9. The zero-order chi connectivity index (χ0) is 26.3. The zero-order valence-electron chi connectivity index (χ0n) is 20.1. The second-order valence-electron chi connectivity index (χ2n) is 9.28. The number of pyridine rings is 1. The SMILES string of the molecule is CC(O)C(O)C(=O)N1CCC(NCc2nc3c(-c4cnc5ccc(F)cc5c4)cnn3c(N)c2Br)CC1. The Bertz CT molecular complexity index is 1470. The third-order valence-corrected chi connectivity index (χ3v) is 7.58. The molecule has 194 valence electrons. The summed E-state index contributed by atoms with van der Waals surface area (Å²) in [6.45, 7) is 2.80. The number of halogens is 2. The van der Waals surface area contributed by atoms with E-state index in [1.165, 1.54) is 19.1 Å². The van der Waals surface area contributed by atoms with Crippen molar-refractivity contribution < 1.29 is 19.4 Å². The Kier molecular flexibility index (Phi) is 7.08. The van der Waals surface area contributed by atoms with Crippen molar-refractivity contribution in [2.45, 2.75) is 44.6 Å². The maximum absolute atomic E-state index is 13.8. The van der Waals surface area contributed by atoms with Crippen LogP contribution in [0.4, 0.5) is 10.2 Å². The molecule has 1 aliphatic rings. The maximum atomic E-state index is 13.8. The normalized spacial score (nSPS) is 16.4. The first-order chi connectivity index (χ1) is 17.7. The van der Waals surface area contributed by atoms with Crippen molar-refractivity contribution in [1.82, 2.24) is 29.8 Å². The second-order valence-corrected chi connectivity index (χ2v) is 10.1. The van der Waals surface area contributed by atoms with Gasteiger partial charge in [0.25, 0.3) is 5.91 Å². The number of carbonyl (C=O) groups excluding carboxylic acids is 1. The van der Waals surface area contributed by atoms with Gasteiger partial charge in [-0.15, -0.1) is 0 Å². The molecule has 0 radical (unpaired) electrons. The van der Waals surface area contributed by atoms with Gasteiger partial charge in [0.15, 0.2) is 11.8 Å². The van der Waals surface area contributed by atoms with Gasteiger partial charge in [-0.2, -0.15) is 9.61 Å². The van der Waals surface area contributed by atoms with Crippen molar-refractivity contribution in [2.75, 3.05) is 18.8 Å². The van der Waals surface area contributed by atoms with Gasteiger partial charge in [0.05, 0.1) is 28.0 Å². The van der Waals surface area contributed by atoms with E-state index in [-0.39, 0.29) is 11.9 Å². The third-order valence-electron chi connectivity index (χ3n) is 6.72. The van der Waals surface area contributed by atoms with E-state index in [1.54, 1.807) is 27.9 Å². The number of aromatic nitrogens is 4. The largest absolute Gasteiger partial charge is 0.390 e. The number of rotatable bonds is 6. The summed E-state index contributed by atoms with van der Waals surface area (Å²) in [7, 11) is 0. The van der Waals surface area contributed by atoms with Crippen LogP contribution in [0.2, 0.25) is 0 Å². The molecule has 0 bridgehead atoms. The van der Waals surface area contributed by atoms with Gasteiger partial charge in [-0.05, 0) is 60.0 Å². The molecule has 0 spiro atoms. The number of aliphatic hydroxyl groups is 2. The standard InChI is InChI=1S/C25H27BrFN7O3/c1-13(35)22(36)25(37)33-6-4-17(5-7-33)29-12-20-21(26)23(28)34-24(32-20)18(11-31-34)15-8-14-9-16(27)2-3-19(14)30-10-15/h2-3,8-11,13,17,22,29,35-36H,4-7,12,28H2,1H3. The predicted molar refractivity (Wildman–Crippen MR) is 140 cm³/mol. The Balaban J connectivity index is 1.34. The topological polar surface area (TPSA) is 142 Å². The predicted octanol–water partition coefficient (Wildman–Crippen LogP) is 2.25. The Labute approximate surface area is 220 Å². The van der Waals surface area contributed by atoms with Gasteiger partial charge < -0.3 is 26.2 Å². The summed E-state index contributed by atoms with van der Waals surface area (Å²) in [4.78, 5) is 23.1. The molecular formula is C25H27BrFN7O3. The van der Waals surface area contributed by atoms with Crippen LogP contribution < -0.4 is 11.1 Å². The minimum Gasteiger partial charge on any atom is -0.390 e. The van der Waals surface area contributed by atoms with E-state index in [0.717, 1.165) is 11.1 Å². The van der Waals surface area contributed by atoms with E-state index in [9.17, 15) is 19.4 Å². The number of nitrogen functional groups attached to an aromatic ring is 1. The van der Waals surface area contributed by atoms with Crippen molar-refractivity contribution in [1.29, 1.82) is 0 Å². The summed E-state index contributed by atoms with van der Waals surface area (Å²) in [6, 6.07) is 6.45. The Morgan fingerprint density at radius 3 is 2.76 bits per heavy atom. The molecule has 37 heavy (non-hydrogen) atoms. The third kappa shape index (κ3) is 5.01. The quantitative estimate of drug-likeness (QED) is 0.276. The number of likely N-dealkylation sites (tertiary alicyclic amines) is 1. The number of aliphatic hydroxyl groups excluding tert-OH is 2. The first-order valence-corrected chi connectivity index (χ1v) is 12.8. The van der Waals surface area contributed by atoms with Crippen LogP contribution in [0.25, 0.3) is 27.7 Å². The highest BCUT2D eigenvalue weighted by Gasteiger charge is 2.29. The number of nitrogens with zero attached hydrogens (tertiary/aromatic N) is 5. The van der Waals surface area contributed by atoms with E-state index in [1.807, 2.05) is 6.07 Å². The van der Waals surface area contributed by atoms with Crippen LogP contribution in [0, 0.1) is 5.82 Å². The second kappa shape index (κ2) is 10.3. The molecule has 2 unspecified atom stereocenters. The van der Waals surface area contributed by atoms with Crippen LogP contribution in [0.5, 0.6) is 0 Å². The molecule has 1 aliphatic heterocycles. The molecule has 5 rings (SSSR count). The number of carbonyl (C=O) groups is 1. The van der Waals surface area contributed by atoms with E-state index < -0.39 is 18.1 Å². The maximum Gasteiger partial charge on any atom is 0.254 e. The lowest BCUT2D eigenvalue weighted by atomic mass is 10.0. The van der Waals surface area contributed by atoms with Crippen LogP contribution in [0.15, 0.2) is 41.1 Å². The van der Waals surface area contributed by atoms with Crippen molar-refractivity contribution in [3.05, 3.63) is 52.6 Å². The molecule has 1 saturated heterocycles. The number of fused-ring (bicyclic) bond motifs is 2. The number of hydrogen-bond donors (Lipinski definition) is 4. The smallest absolute Gasteiger partial charge is 0.254 e. The minimum atomic E-state index is -1.40. The summed E-state index contributed by atoms with van der Waals surface area (Å²) in [5.41, 5.74) is 9.79. The fourth-order valence-corrected chi connectivity index (χ4v) is 4.95. The lowest BCUT2D eigenvalue weighted by Crippen LogP contribution is -2.50. The molecule has 4 aromatic rings. The molecule has 4 heterocycles. The number of amides is 1. The van der Waals surface area contributed by atoms with E-state index in [2.05, 4.69) is 31.3 Å². The summed E-state index contributed by atoms with van der Waals surface area (Å²) >= 11 is 3.54. The molecule has 3 aromatic heterocycles. The van der Waals surface area contributed by atoms with Crippen molar-refractivity contribution in [3.8, 4) is 11.1 Å². The lowest BCUT2D eigenvalue weighted by molar-refractivity contribution is -0.146. The monoisotopic (exact) mass is 571 g/mol. The van der Waals surface area contributed by atoms with Crippen LogP contribution >= 0.6 is 15.9 Å². The summed E-state index contributed by atoms with van der Waals surface area (Å²) in [5.74, 6) is -0.379. The molecule has 10 nitrogen and oxygen atoms in total. The first kappa shape index (κ1) is 25.5. The average molecular weight is 572 g/mol. The summed E-state index contributed by atoms with van der Waals surface area (Å²) < 4.78 is 15.9. The first-order valence-electron chi connectivity index (χ1n) is 12.0. The molecule has 0 saturated carbocycles. The fraction of sp³-hybridized carbons (Fsp3) is 0.360. The van der Waals surface area contributed by atoms with Crippen molar-refractivity contribution in [2.24, 2.45) is 0 Å². The van der Waals surface area contributed by atoms with Crippen LogP contribution in [0.1, 0.15) is 25.5 Å². The number of anilines is 1. The number of piperidine rings is 1. The molecule has 12 heteroatoms. The zero-order valence-corrected chi connectivity index (χ0v) is 21.7. The van der Waals surface area contributed by atoms with Gasteiger partial charge in [-0.1, -0.05) is 0 Å². The number of nitrogens with one attached hydrogen (secondary N) is 1. The highest BCUT2D eigenvalue weighted by molar-refractivity contribution is 9.10. The Hall–Kier alpha value is -3.19. The van der Waals surface area contributed by atoms with Gasteiger partial charge in [0.1, 0.15) is 11.6 Å². The summed E-state index contributed by atoms with van der Waals surface area (Å²) in [5, 5.41) is 27.9. The molecule has 1 fully saturated rings. The van der Waals surface area contributed by atoms with Gasteiger partial charge in [-0.25, -0.2) is 9.37 Å². The van der Waals surface area contributed by atoms with E-state index >= 15 is 0 Å². The minimum absolute atomic E-state index is 0.142. The molecule has 5 N–H and O–H groups in total. The average Bonchev–Trinajstić information content (AvgIpc) is 3.32. The molecular weight excluding hydrogens is 545 g/mol. The number of nitrogens with two attached hydrogens (primary N) is 1. The van der Waals surface area contributed by atoms with Gasteiger partial charge >= 0.3 is 0 Å². The number of hydrogen-bond acceptors (Lipinski definition) is 8. The van der Waals surface area contributed by atoms with Gasteiger partial charge in [0.2, 0.25) is 0 Å². The van der Waals surface area contributed by atoms with E-state index in [4.69, 9.17) is 10.7 Å². The van der Waals surface area contributed by atoms with Crippen LogP contribution in [-0.2, 0) is 11.3 Å². The summed E-state index contributed by atoms with van der Waals surface area (Å²) in [6.07, 6.45) is 2.26. The molecule has 1 aromatic carbocycles. The molecule has 1 amide bonds. The number of benzene rings is 1. The van der Waals surface area contributed by atoms with Gasteiger partial charge in [0, 0.05) is 48.4 Å². The van der Waals surface area contributed by atoms with Crippen LogP contribution in [0.3, 0.4) is 0 Å². The van der Waals surface area contributed by atoms with Crippen LogP contribution in [-0.4, -0.2) is 71.9 Å². The molecule has 0 aliphatic carbocycles. The fourth-order valence-electron chi connectivity index (χ4n) is 4.55. The lowest BCUT2D eigenvalue weighted by Gasteiger charge is -2.34. The molecule has 2 atom stereocenters. The Morgan fingerprint density at radius 2 is 2.03 bits per heavy atom. The van der Waals surface area contributed by atoms with Gasteiger partial charge in [-0.3, -0.25) is 9.78 Å². The van der Waals surface area contributed by atoms with E-state index in [0.29, 0.717) is 65.0 Å². The highest BCUT2D eigenvalue weighted by Crippen LogP contribution is 2.31. The Morgan fingerprint density at radius 1 is 1.27 bits per heavy atom. The van der Waals surface area contributed by atoms with Crippen molar-refractivity contribution in [3.63, 3.8) is 0 Å².